The molecule has 6 nitrogen and oxygen atoms in total. The first-order valence-electron chi connectivity index (χ1n) is 7.27. The molecule has 2 amide bonds. The van der Waals surface area contributed by atoms with E-state index in [4.69, 9.17) is 0 Å². The number of carbonyl (C=O) groups is 2. The zero-order chi connectivity index (χ0) is 15.7. The summed E-state index contributed by atoms with van der Waals surface area (Å²) in [6.07, 6.45) is 1.32. The maximum Gasteiger partial charge on any atom is 0.243 e. The summed E-state index contributed by atoms with van der Waals surface area (Å²) >= 11 is 1.55. The number of carbonyl (C=O) groups excluding carboxylic acids is 2. The quantitative estimate of drug-likeness (QED) is 0.866. The van der Waals surface area contributed by atoms with Crippen molar-refractivity contribution in [1.29, 1.82) is 0 Å². The highest BCUT2D eigenvalue weighted by molar-refractivity contribution is 7.91. The van der Waals surface area contributed by atoms with Crippen molar-refractivity contribution in [2.45, 2.75) is 37.9 Å². The summed E-state index contributed by atoms with van der Waals surface area (Å²) in [6, 6.07) is 3.04. The van der Waals surface area contributed by atoms with Gasteiger partial charge in [0.2, 0.25) is 11.8 Å². The summed E-state index contributed by atoms with van der Waals surface area (Å²) in [7, 11) is -3.02. The Bertz CT molecular complexity index is 669. The third kappa shape index (κ3) is 3.33. The monoisotopic (exact) mass is 342 g/mol. The van der Waals surface area contributed by atoms with E-state index >= 15 is 0 Å². The van der Waals surface area contributed by atoms with Crippen molar-refractivity contribution in [3.05, 3.63) is 22.4 Å². The van der Waals surface area contributed by atoms with Crippen LogP contribution in [0.2, 0.25) is 0 Å². The Morgan fingerprint density at radius 2 is 2.23 bits per heavy atom. The average molecular weight is 342 g/mol. The van der Waals surface area contributed by atoms with Crippen LogP contribution in [0.25, 0.3) is 0 Å². The summed E-state index contributed by atoms with van der Waals surface area (Å²) in [5.74, 6) is -0.123. The molecule has 2 saturated heterocycles. The highest BCUT2D eigenvalue weighted by atomic mass is 32.2. The van der Waals surface area contributed by atoms with Crippen LogP contribution in [-0.4, -0.2) is 48.7 Å². The smallest absolute Gasteiger partial charge is 0.243 e. The average Bonchev–Trinajstić information content (AvgIpc) is 3.14. The second-order valence-electron chi connectivity index (χ2n) is 5.76. The van der Waals surface area contributed by atoms with Gasteiger partial charge >= 0.3 is 0 Å². The molecule has 22 heavy (non-hydrogen) atoms. The zero-order valence-electron chi connectivity index (χ0n) is 12.0. The lowest BCUT2D eigenvalue weighted by atomic mass is 10.1. The normalized spacial score (nSPS) is 27.3. The molecule has 0 aromatic carbocycles. The maximum absolute atomic E-state index is 12.4. The number of sulfone groups is 1. The van der Waals surface area contributed by atoms with Crippen LogP contribution in [0.1, 0.15) is 24.1 Å². The fourth-order valence-electron chi connectivity index (χ4n) is 2.98. The van der Waals surface area contributed by atoms with Crippen LogP contribution in [0, 0.1) is 0 Å². The Hall–Kier alpha value is -1.41. The number of nitrogens with one attached hydrogen (secondary N) is 1. The maximum atomic E-state index is 12.4. The van der Waals surface area contributed by atoms with E-state index in [1.165, 1.54) is 0 Å². The predicted octanol–water partition coefficient (Wildman–Crippen LogP) is 0.542. The summed E-state index contributed by atoms with van der Waals surface area (Å²) in [5.41, 5.74) is 0. The Balaban J connectivity index is 1.64. The standard InChI is InChI=1S/C14H18N2O4S2/c17-13-4-3-12(16(13)8-11-2-1-6-21-11)14(18)15-10-5-7-22(19,20)9-10/h1-2,6,10,12H,3-5,7-9H2,(H,15,18)/t10-,12+/m0/s1. The van der Waals surface area contributed by atoms with Gasteiger partial charge in [-0.05, 0) is 24.3 Å². The van der Waals surface area contributed by atoms with Crippen LogP contribution in [0.4, 0.5) is 0 Å². The molecule has 2 fully saturated rings. The van der Waals surface area contributed by atoms with Crippen molar-refractivity contribution in [3.63, 3.8) is 0 Å². The molecule has 1 N–H and O–H groups in total. The van der Waals surface area contributed by atoms with Crippen molar-refractivity contribution >= 4 is 33.0 Å². The van der Waals surface area contributed by atoms with E-state index in [9.17, 15) is 18.0 Å². The minimum absolute atomic E-state index is 0.00430. The van der Waals surface area contributed by atoms with Gasteiger partial charge in [-0.15, -0.1) is 11.3 Å². The molecule has 0 unspecified atom stereocenters. The van der Waals surface area contributed by atoms with Crippen molar-refractivity contribution < 1.29 is 18.0 Å². The molecule has 1 aromatic heterocycles. The first-order chi connectivity index (χ1) is 10.4. The molecule has 0 bridgehead atoms. The van der Waals surface area contributed by atoms with E-state index in [-0.39, 0.29) is 29.4 Å². The van der Waals surface area contributed by atoms with Gasteiger partial charge in [0.1, 0.15) is 6.04 Å². The minimum Gasteiger partial charge on any atom is -0.351 e. The molecule has 2 aliphatic heterocycles. The highest BCUT2D eigenvalue weighted by Gasteiger charge is 2.38. The van der Waals surface area contributed by atoms with Crippen LogP contribution in [-0.2, 0) is 26.0 Å². The van der Waals surface area contributed by atoms with E-state index in [0.717, 1.165) is 4.88 Å². The van der Waals surface area contributed by atoms with Gasteiger partial charge in [-0.1, -0.05) is 6.07 Å². The molecule has 3 rings (SSSR count). The lowest BCUT2D eigenvalue weighted by molar-refractivity contribution is -0.136. The van der Waals surface area contributed by atoms with Crippen LogP contribution >= 0.6 is 11.3 Å². The molecule has 0 saturated carbocycles. The van der Waals surface area contributed by atoms with Crippen molar-refractivity contribution in [2.24, 2.45) is 0 Å². The highest BCUT2D eigenvalue weighted by Crippen LogP contribution is 2.24. The lowest BCUT2D eigenvalue weighted by Crippen LogP contribution is -2.47. The molecule has 2 aliphatic rings. The van der Waals surface area contributed by atoms with Crippen LogP contribution in [0.5, 0.6) is 0 Å². The molecular weight excluding hydrogens is 324 g/mol. The second kappa shape index (κ2) is 6.00. The SMILES string of the molecule is O=C(N[C@H]1CCS(=O)(=O)C1)[C@H]1CCC(=O)N1Cc1cccs1. The second-order valence-corrected chi connectivity index (χ2v) is 9.02. The number of nitrogens with zero attached hydrogens (tertiary/aromatic N) is 1. The largest absolute Gasteiger partial charge is 0.351 e. The molecule has 1 aromatic rings. The molecule has 120 valence electrons. The van der Waals surface area contributed by atoms with E-state index in [2.05, 4.69) is 5.32 Å². The fourth-order valence-corrected chi connectivity index (χ4v) is 5.36. The van der Waals surface area contributed by atoms with Crippen molar-refractivity contribution in [3.8, 4) is 0 Å². The number of hydrogen-bond acceptors (Lipinski definition) is 5. The van der Waals surface area contributed by atoms with Gasteiger partial charge in [0.15, 0.2) is 9.84 Å². The third-order valence-electron chi connectivity index (χ3n) is 4.12. The molecule has 8 heteroatoms. The van der Waals surface area contributed by atoms with E-state index in [0.29, 0.717) is 25.8 Å². The Kier molecular flexibility index (Phi) is 4.22. The predicted molar refractivity (Wildman–Crippen MR) is 83.1 cm³/mol. The van der Waals surface area contributed by atoms with Crippen molar-refractivity contribution in [1.82, 2.24) is 10.2 Å². The molecule has 3 heterocycles. The molecule has 0 spiro atoms. The van der Waals surface area contributed by atoms with Gasteiger partial charge in [0.05, 0.1) is 18.1 Å². The van der Waals surface area contributed by atoms with E-state index in [1.807, 2.05) is 17.5 Å². The van der Waals surface area contributed by atoms with Gasteiger partial charge in [0.25, 0.3) is 0 Å². The van der Waals surface area contributed by atoms with Gasteiger partial charge in [-0.3, -0.25) is 9.59 Å². The Morgan fingerprint density at radius 1 is 1.41 bits per heavy atom. The van der Waals surface area contributed by atoms with Crippen molar-refractivity contribution in [2.75, 3.05) is 11.5 Å². The van der Waals surface area contributed by atoms with E-state index < -0.39 is 15.9 Å². The van der Waals surface area contributed by atoms with Gasteiger partial charge < -0.3 is 10.2 Å². The Labute approximate surface area is 133 Å². The number of hydrogen-bond donors (Lipinski definition) is 1. The number of thiophene rings is 1. The third-order valence-corrected chi connectivity index (χ3v) is 6.75. The van der Waals surface area contributed by atoms with Crippen LogP contribution in [0.15, 0.2) is 17.5 Å². The first-order valence-corrected chi connectivity index (χ1v) is 9.97. The van der Waals surface area contributed by atoms with Gasteiger partial charge in [-0.25, -0.2) is 8.42 Å². The summed E-state index contributed by atoms with van der Waals surface area (Å²) in [6.45, 7) is 0.442. The first kappa shape index (κ1) is 15.5. The summed E-state index contributed by atoms with van der Waals surface area (Å²) in [5, 5.41) is 4.74. The van der Waals surface area contributed by atoms with Crippen LogP contribution in [0.3, 0.4) is 0 Å². The summed E-state index contributed by atoms with van der Waals surface area (Å²) in [4.78, 5) is 27.1. The number of likely N-dealkylation sites (tertiary alicyclic amines) is 1. The Morgan fingerprint density at radius 3 is 2.86 bits per heavy atom. The zero-order valence-corrected chi connectivity index (χ0v) is 13.7. The summed E-state index contributed by atoms with van der Waals surface area (Å²) < 4.78 is 22.9. The topological polar surface area (TPSA) is 83.5 Å². The fraction of sp³-hybridized carbons (Fsp3) is 0.571. The van der Waals surface area contributed by atoms with Gasteiger partial charge in [-0.2, -0.15) is 0 Å². The van der Waals surface area contributed by atoms with Gasteiger partial charge in [0, 0.05) is 17.3 Å². The van der Waals surface area contributed by atoms with E-state index in [1.54, 1.807) is 16.2 Å². The van der Waals surface area contributed by atoms with Crippen LogP contribution < -0.4 is 5.32 Å². The molecule has 0 radical (unpaired) electrons. The lowest BCUT2D eigenvalue weighted by Gasteiger charge is -2.24. The number of rotatable bonds is 4. The number of amides is 2. The molecule has 0 aliphatic carbocycles. The minimum atomic E-state index is -3.02. The molecular formula is C14H18N2O4S2. The molecule has 2 atom stereocenters.